The van der Waals surface area contributed by atoms with Crippen molar-refractivity contribution < 1.29 is 4.42 Å². The smallest absolute Gasteiger partial charge is 0.120 e. The summed E-state index contributed by atoms with van der Waals surface area (Å²) in [7, 11) is 0. The van der Waals surface area contributed by atoms with Crippen LogP contribution in [0.5, 0.6) is 0 Å². The Kier molecular flexibility index (Phi) is 2.71. The molecule has 0 aromatic carbocycles. The minimum atomic E-state index is 0.0651. The molecule has 1 atom stereocenters. The Hall–Kier alpha value is -0.760. The molecule has 0 fully saturated rings. The van der Waals surface area contributed by atoms with Crippen molar-refractivity contribution in [2.75, 3.05) is 0 Å². The molecule has 0 bridgehead atoms. The first-order valence-corrected chi connectivity index (χ1v) is 4.10. The Balaban J connectivity index is 2.71. The second-order valence-corrected chi connectivity index (χ2v) is 2.73. The van der Waals surface area contributed by atoms with E-state index in [2.05, 4.69) is 13.8 Å². The molecule has 11 heavy (non-hydrogen) atoms. The molecule has 0 aliphatic carbocycles. The molecule has 0 saturated heterocycles. The number of hydrogen-bond donors (Lipinski definition) is 1. The number of rotatable bonds is 3. The Labute approximate surface area is 67.4 Å². The third-order valence-electron chi connectivity index (χ3n) is 1.89. The van der Waals surface area contributed by atoms with E-state index in [0.717, 1.165) is 18.6 Å². The van der Waals surface area contributed by atoms with Crippen molar-refractivity contribution in [1.82, 2.24) is 0 Å². The zero-order valence-corrected chi connectivity index (χ0v) is 7.13. The Morgan fingerprint density at radius 2 is 2.27 bits per heavy atom. The lowest BCUT2D eigenvalue weighted by molar-refractivity contribution is 0.459. The summed E-state index contributed by atoms with van der Waals surface area (Å²) >= 11 is 0. The second kappa shape index (κ2) is 3.58. The SMILES string of the molecule is CCc1coc([C@H](N)CC)c1. The van der Waals surface area contributed by atoms with Gasteiger partial charge in [-0.25, -0.2) is 0 Å². The summed E-state index contributed by atoms with van der Waals surface area (Å²) in [5.41, 5.74) is 6.99. The zero-order chi connectivity index (χ0) is 8.27. The molecular formula is C9H15NO. The molecule has 62 valence electrons. The monoisotopic (exact) mass is 153 g/mol. The van der Waals surface area contributed by atoms with Gasteiger partial charge in [0.25, 0.3) is 0 Å². The largest absolute Gasteiger partial charge is 0.467 e. The fraction of sp³-hybridized carbons (Fsp3) is 0.556. The van der Waals surface area contributed by atoms with Gasteiger partial charge in [0.2, 0.25) is 0 Å². The Bertz CT molecular complexity index is 217. The maximum absolute atomic E-state index is 5.77. The quantitative estimate of drug-likeness (QED) is 0.723. The summed E-state index contributed by atoms with van der Waals surface area (Å²) in [5.74, 6) is 0.907. The average Bonchev–Trinajstić information content (AvgIpc) is 2.50. The van der Waals surface area contributed by atoms with E-state index < -0.39 is 0 Å². The summed E-state index contributed by atoms with van der Waals surface area (Å²) in [6, 6.07) is 2.10. The van der Waals surface area contributed by atoms with Crippen molar-refractivity contribution in [3.05, 3.63) is 23.7 Å². The minimum Gasteiger partial charge on any atom is -0.467 e. The van der Waals surface area contributed by atoms with Crippen molar-refractivity contribution in [3.8, 4) is 0 Å². The molecule has 0 radical (unpaired) electrons. The normalized spacial score (nSPS) is 13.4. The van der Waals surface area contributed by atoms with Gasteiger partial charge in [-0.3, -0.25) is 0 Å². The van der Waals surface area contributed by atoms with Crippen molar-refractivity contribution in [2.45, 2.75) is 32.7 Å². The summed E-state index contributed by atoms with van der Waals surface area (Å²) in [5, 5.41) is 0. The lowest BCUT2D eigenvalue weighted by Crippen LogP contribution is -2.06. The fourth-order valence-corrected chi connectivity index (χ4v) is 0.976. The van der Waals surface area contributed by atoms with Gasteiger partial charge in [0.15, 0.2) is 0 Å². The van der Waals surface area contributed by atoms with Crippen LogP contribution in [-0.4, -0.2) is 0 Å². The fourth-order valence-electron chi connectivity index (χ4n) is 0.976. The van der Waals surface area contributed by atoms with Gasteiger partial charge >= 0.3 is 0 Å². The van der Waals surface area contributed by atoms with E-state index in [4.69, 9.17) is 10.2 Å². The van der Waals surface area contributed by atoms with E-state index in [9.17, 15) is 0 Å². The van der Waals surface area contributed by atoms with Gasteiger partial charge in [-0.15, -0.1) is 0 Å². The Morgan fingerprint density at radius 1 is 1.55 bits per heavy atom. The number of furan rings is 1. The van der Waals surface area contributed by atoms with Gasteiger partial charge < -0.3 is 10.2 Å². The lowest BCUT2D eigenvalue weighted by atomic mass is 10.1. The van der Waals surface area contributed by atoms with E-state index in [0.29, 0.717) is 0 Å². The molecule has 0 spiro atoms. The van der Waals surface area contributed by atoms with Crippen LogP contribution in [0.3, 0.4) is 0 Å². The van der Waals surface area contributed by atoms with Crippen molar-refractivity contribution in [3.63, 3.8) is 0 Å². The minimum absolute atomic E-state index is 0.0651. The Morgan fingerprint density at radius 3 is 2.73 bits per heavy atom. The van der Waals surface area contributed by atoms with Crippen LogP contribution in [-0.2, 0) is 6.42 Å². The molecule has 2 heteroatoms. The van der Waals surface area contributed by atoms with E-state index in [1.165, 1.54) is 5.56 Å². The third-order valence-corrected chi connectivity index (χ3v) is 1.89. The van der Waals surface area contributed by atoms with Gasteiger partial charge in [-0.2, -0.15) is 0 Å². The average molecular weight is 153 g/mol. The molecule has 0 aliphatic rings. The molecule has 1 aromatic rings. The maximum Gasteiger partial charge on any atom is 0.120 e. The van der Waals surface area contributed by atoms with Crippen LogP contribution in [0.25, 0.3) is 0 Å². The molecule has 2 nitrogen and oxygen atoms in total. The van der Waals surface area contributed by atoms with Crippen LogP contribution in [0.2, 0.25) is 0 Å². The summed E-state index contributed by atoms with van der Waals surface area (Å²) in [4.78, 5) is 0. The molecule has 0 amide bonds. The number of nitrogens with two attached hydrogens (primary N) is 1. The highest BCUT2D eigenvalue weighted by atomic mass is 16.3. The molecule has 0 aliphatic heterocycles. The van der Waals surface area contributed by atoms with E-state index >= 15 is 0 Å². The topological polar surface area (TPSA) is 39.2 Å². The van der Waals surface area contributed by atoms with Crippen molar-refractivity contribution in [2.24, 2.45) is 5.73 Å². The second-order valence-electron chi connectivity index (χ2n) is 2.73. The number of aryl methyl sites for hydroxylation is 1. The van der Waals surface area contributed by atoms with Crippen LogP contribution in [0.15, 0.2) is 16.7 Å². The highest BCUT2D eigenvalue weighted by Gasteiger charge is 2.07. The van der Waals surface area contributed by atoms with Crippen molar-refractivity contribution in [1.29, 1.82) is 0 Å². The first-order valence-electron chi connectivity index (χ1n) is 4.10. The highest BCUT2D eigenvalue weighted by Crippen LogP contribution is 2.16. The van der Waals surface area contributed by atoms with Crippen LogP contribution in [0.1, 0.15) is 37.6 Å². The van der Waals surface area contributed by atoms with Gasteiger partial charge in [0.05, 0.1) is 12.3 Å². The summed E-state index contributed by atoms with van der Waals surface area (Å²) < 4.78 is 5.28. The lowest BCUT2D eigenvalue weighted by Gasteiger charge is -2.01. The van der Waals surface area contributed by atoms with E-state index in [-0.39, 0.29) is 6.04 Å². The molecular weight excluding hydrogens is 138 g/mol. The van der Waals surface area contributed by atoms with Crippen molar-refractivity contribution >= 4 is 0 Å². The van der Waals surface area contributed by atoms with Crippen LogP contribution >= 0.6 is 0 Å². The zero-order valence-electron chi connectivity index (χ0n) is 7.13. The van der Waals surface area contributed by atoms with Gasteiger partial charge in [0, 0.05) is 0 Å². The predicted molar refractivity (Wildman–Crippen MR) is 45.3 cm³/mol. The van der Waals surface area contributed by atoms with Gasteiger partial charge in [0.1, 0.15) is 5.76 Å². The number of hydrogen-bond acceptors (Lipinski definition) is 2. The highest BCUT2D eigenvalue weighted by molar-refractivity contribution is 5.14. The van der Waals surface area contributed by atoms with Crippen LogP contribution in [0.4, 0.5) is 0 Å². The molecule has 0 unspecified atom stereocenters. The molecule has 0 saturated carbocycles. The van der Waals surface area contributed by atoms with E-state index in [1.807, 2.05) is 6.07 Å². The predicted octanol–water partition coefficient (Wildman–Crippen LogP) is 2.25. The standard InChI is InChI=1S/C9H15NO/c1-3-7-5-9(11-6-7)8(10)4-2/h5-6,8H,3-4,10H2,1-2H3/t8-/m1/s1. The molecule has 1 rings (SSSR count). The van der Waals surface area contributed by atoms with Crippen LogP contribution < -0.4 is 5.73 Å². The van der Waals surface area contributed by atoms with E-state index in [1.54, 1.807) is 6.26 Å². The maximum atomic E-state index is 5.77. The third kappa shape index (κ3) is 1.84. The first kappa shape index (κ1) is 8.34. The van der Waals surface area contributed by atoms with Crippen LogP contribution in [0, 0.1) is 0 Å². The summed E-state index contributed by atoms with van der Waals surface area (Å²) in [6.45, 7) is 4.16. The first-order chi connectivity index (χ1) is 5.27. The molecule has 1 heterocycles. The molecule has 2 N–H and O–H groups in total. The molecule has 1 aromatic heterocycles. The summed E-state index contributed by atoms with van der Waals surface area (Å²) in [6.07, 6.45) is 3.72. The van der Waals surface area contributed by atoms with Gasteiger partial charge in [-0.1, -0.05) is 13.8 Å². The van der Waals surface area contributed by atoms with Gasteiger partial charge in [-0.05, 0) is 24.5 Å².